The number of fused-ring (bicyclic) bond motifs is 1. The van der Waals surface area contributed by atoms with E-state index in [0.717, 1.165) is 4.57 Å². The number of halogens is 8. The fraction of sp³-hybridized carbons (Fsp3) is 0.700. The molecule has 1 saturated carbocycles. The number of aromatic nitrogens is 2. The monoisotopic (exact) mass is 502 g/mol. The van der Waals surface area contributed by atoms with Crippen molar-refractivity contribution in [2.45, 2.75) is 68.8 Å². The molecule has 0 radical (unpaired) electrons. The Morgan fingerprint density at radius 3 is 2.24 bits per heavy atom. The molecule has 2 fully saturated rings. The Labute approximate surface area is 187 Å². The first-order valence-electron chi connectivity index (χ1n) is 10.7. The third kappa shape index (κ3) is 3.78. The van der Waals surface area contributed by atoms with E-state index in [4.69, 9.17) is 5.73 Å². The lowest BCUT2D eigenvalue weighted by Gasteiger charge is -2.38. The van der Waals surface area contributed by atoms with Crippen LogP contribution in [-0.4, -0.2) is 58.1 Å². The Balaban J connectivity index is 1.75. The van der Waals surface area contributed by atoms with Gasteiger partial charge in [0.25, 0.3) is 12.0 Å². The average Bonchev–Trinajstić information content (AvgIpc) is 3.43. The van der Waals surface area contributed by atoms with Crippen molar-refractivity contribution in [2.75, 3.05) is 13.1 Å². The number of allylic oxidation sites excluding steroid dienone is 1. The number of nitrogens with one attached hydrogen (secondary N) is 1. The van der Waals surface area contributed by atoms with Crippen LogP contribution in [0.4, 0.5) is 35.1 Å². The summed E-state index contributed by atoms with van der Waals surface area (Å²) in [7, 11) is 0. The van der Waals surface area contributed by atoms with Gasteiger partial charge in [0, 0.05) is 24.2 Å². The first kappa shape index (κ1) is 24.9. The Morgan fingerprint density at radius 2 is 1.71 bits per heavy atom. The lowest BCUT2D eigenvalue weighted by Crippen LogP contribution is -2.56. The van der Waals surface area contributed by atoms with Gasteiger partial charge in [-0.05, 0) is 31.7 Å². The van der Waals surface area contributed by atoms with Gasteiger partial charge in [-0.25, -0.2) is 18.0 Å². The molecule has 4 unspecified atom stereocenters. The van der Waals surface area contributed by atoms with Crippen LogP contribution in [0.1, 0.15) is 49.4 Å². The number of hydrogen-bond acceptors (Lipinski definition) is 4. The van der Waals surface area contributed by atoms with Crippen molar-refractivity contribution in [2.24, 2.45) is 11.7 Å². The van der Waals surface area contributed by atoms with Gasteiger partial charge in [-0.2, -0.15) is 22.0 Å². The van der Waals surface area contributed by atoms with E-state index < -0.39 is 77.2 Å². The van der Waals surface area contributed by atoms with Gasteiger partial charge in [0.1, 0.15) is 5.83 Å². The predicted octanol–water partition coefficient (Wildman–Crippen LogP) is 3.15. The highest BCUT2D eigenvalue weighted by Gasteiger charge is 2.63. The van der Waals surface area contributed by atoms with Gasteiger partial charge in [-0.3, -0.25) is 19.2 Å². The SMILES string of the molecule is CC1c2c(c(=O)[nH]c(=O)n2C2CC2)C(C(F)F)=C(F)C1N1CCC(C(N)C(F)(F)C(F)(F)F)C1. The molecule has 34 heavy (non-hydrogen) atoms. The molecule has 0 aromatic carbocycles. The highest BCUT2D eigenvalue weighted by Crippen LogP contribution is 2.47. The summed E-state index contributed by atoms with van der Waals surface area (Å²) < 4.78 is 110. The van der Waals surface area contributed by atoms with Crippen molar-refractivity contribution in [3.63, 3.8) is 0 Å². The van der Waals surface area contributed by atoms with Crippen molar-refractivity contribution in [1.82, 2.24) is 14.5 Å². The summed E-state index contributed by atoms with van der Waals surface area (Å²) in [6.07, 6.45) is -8.48. The highest BCUT2D eigenvalue weighted by atomic mass is 19.4. The first-order valence-corrected chi connectivity index (χ1v) is 10.7. The van der Waals surface area contributed by atoms with Gasteiger partial charge in [0.15, 0.2) is 0 Å². The Bertz CT molecular complexity index is 1120. The van der Waals surface area contributed by atoms with Crippen LogP contribution in [0.15, 0.2) is 15.4 Å². The van der Waals surface area contributed by atoms with Gasteiger partial charge in [0.05, 0.1) is 23.2 Å². The maximum absolute atomic E-state index is 15.5. The molecular weight excluding hydrogens is 480 g/mol. The summed E-state index contributed by atoms with van der Waals surface area (Å²) in [5.41, 5.74) is 1.31. The molecule has 0 amide bonds. The third-order valence-corrected chi connectivity index (χ3v) is 6.96. The molecule has 1 aliphatic heterocycles. The maximum atomic E-state index is 15.5. The number of aromatic amines is 1. The van der Waals surface area contributed by atoms with Crippen LogP contribution < -0.4 is 17.0 Å². The molecule has 4 rings (SSSR count). The molecule has 6 nitrogen and oxygen atoms in total. The molecule has 1 aromatic heterocycles. The zero-order valence-electron chi connectivity index (χ0n) is 17.8. The van der Waals surface area contributed by atoms with E-state index in [-0.39, 0.29) is 24.7 Å². The van der Waals surface area contributed by atoms with Crippen LogP contribution in [0.3, 0.4) is 0 Å². The van der Waals surface area contributed by atoms with Crippen LogP contribution in [0, 0.1) is 5.92 Å². The largest absolute Gasteiger partial charge is 0.454 e. The lowest BCUT2D eigenvalue weighted by molar-refractivity contribution is -0.293. The van der Waals surface area contributed by atoms with Crippen molar-refractivity contribution in [3.05, 3.63) is 37.9 Å². The molecule has 0 spiro atoms. The zero-order chi connectivity index (χ0) is 25.3. The molecule has 14 heteroatoms. The van der Waals surface area contributed by atoms with E-state index in [2.05, 4.69) is 0 Å². The Hall–Kier alpha value is -2.22. The second-order valence-electron chi connectivity index (χ2n) is 9.11. The summed E-state index contributed by atoms with van der Waals surface area (Å²) in [5, 5.41) is 0. The second kappa shape index (κ2) is 8.18. The summed E-state index contributed by atoms with van der Waals surface area (Å²) >= 11 is 0. The van der Waals surface area contributed by atoms with Crippen molar-refractivity contribution < 1.29 is 35.1 Å². The molecule has 2 heterocycles. The molecule has 3 aliphatic rings. The molecule has 1 saturated heterocycles. The highest BCUT2D eigenvalue weighted by molar-refractivity contribution is 5.74. The van der Waals surface area contributed by atoms with Crippen LogP contribution in [-0.2, 0) is 0 Å². The van der Waals surface area contributed by atoms with E-state index in [1.165, 1.54) is 11.8 Å². The van der Waals surface area contributed by atoms with Crippen LogP contribution in [0.5, 0.6) is 0 Å². The van der Waals surface area contributed by atoms with Gasteiger partial charge in [0.2, 0.25) is 0 Å². The molecule has 3 N–H and O–H groups in total. The normalized spacial score (nSPS) is 27.4. The fourth-order valence-electron chi connectivity index (χ4n) is 5.15. The summed E-state index contributed by atoms with van der Waals surface area (Å²) in [5.74, 6) is -9.00. The molecule has 1 aromatic rings. The zero-order valence-corrected chi connectivity index (χ0v) is 17.8. The molecular formula is C20H22F8N4O2. The Morgan fingerprint density at radius 1 is 1.09 bits per heavy atom. The number of rotatable bonds is 5. The van der Waals surface area contributed by atoms with Gasteiger partial charge in [-0.1, -0.05) is 6.92 Å². The number of likely N-dealkylation sites (tertiary alicyclic amines) is 1. The summed E-state index contributed by atoms with van der Waals surface area (Å²) in [4.78, 5) is 28.0. The predicted molar refractivity (Wildman–Crippen MR) is 104 cm³/mol. The maximum Gasteiger partial charge on any atom is 0.454 e. The third-order valence-electron chi connectivity index (χ3n) is 6.96. The minimum atomic E-state index is -5.88. The minimum Gasteiger partial charge on any atom is -0.322 e. The topological polar surface area (TPSA) is 84.1 Å². The van der Waals surface area contributed by atoms with Crippen LogP contribution >= 0.6 is 0 Å². The summed E-state index contributed by atoms with van der Waals surface area (Å²) in [6.45, 7) is 0.718. The lowest BCUT2D eigenvalue weighted by atomic mass is 9.82. The number of H-pyrrole nitrogens is 1. The molecule has 190 valence electrons. The van der Waals surface area contributed by atoms with Gasteiger partial charge >= 0.3 is 17.8 Å². The number of hydrogen-bond donors (Lipinski definition) is 2. The quantitative estimate of drug-likeness (QED) is 0.607. The van der Waals surface area contributed by atoms with E-state index in [1.54, 1.807) is 0 Å². The smallest absolute Gasteiger partial charge is 0.322 e. The van der Waals surface area contributed by atoms with Gasteiger partial charge in [-0.15, -0.1) is 0 Å². The molecule has 2 aliphatic carbocycles. The average molecular weight is 502 g/mol. The van der Waals surface area contributed by atoms with E-state index >= 15 is 4.39 Å². The summed E-state index contributed by atoms with van der Waals surface area (Å²) in [6, 6.07) is -4.47. The number of nitrogens with two attached hydrogens (primary N) is 1. The minimum absolute atomic E-state index is 0.0914. The van der Waals surface area contributed by atoms with Crippen LogP contribution in [0.25, 0.3) is 5.57 Å². The Kier molecular flexibility index (Phi) is 5.99. The van der Waals surface area contributed by atoms with E-state index in [1.807, 2.05) is 4.98 Å². The fourth-order valence-corrected chi connectivity index (χ4v) is 5.15. The van der Waals surface area contributed by atoms with Crippen molar-refractivity contribution in [3.8, 4) is 0 Å². The van der Waals surface area contributed by atoms with Crippen molar-refractivity contribution >= 4 is 5.57 Å². The molecule has 0 bridgehead atoms. The van der Waals surface area contributed by atoms with Crippen molar-refractivity contribution in [1.29, 1.82) is 0 Å². The van der Waals surface area contributed by atoms with Crippen LogP contribution in [0.2, 0.25) is 0 Å². The second-order valence-corrected chi connectivity index (χ2v) is 9.11. The van der Waals surface area contributed by atoms with Gasteiger partial charge < -0.3 is 5.73 Å². The first-order chi connectivity index (χ1) is 15.7. The molecule has 4 atom stereocenters. The standard InChI is InChI=1S/C20H22F8N4O2/c1-7-13-11(17(33)30-18(34)32(13)9-2-3-9)10(16(22)23)12(21)14(7)31-5-4-8(6-31)15(29)19(24,25)20(26,27)28/h7-9,14-16H,2-6,29H2,1H3,(H,30,33,34). The number of nitrogens with zero attached hydrogens (tertiary/aromatic N) is 2. The van der Waals surface area contributed by atoms with E-state index in [0.29, 0.717) is 12.8 Å². The number of alkyl halides is 7. The van der Waals surface area contributed by atoms with E-state index in [9.17, 15) is 40.3 Å².